The average Bonchev–Trinajstić information content (AvgIpc) is 2.36. The van der Waals surface area contributed by atoms with Crippen molar-refractivity contribution in [3.63, 3.8) is 0 Å². The summed E-state index contributed by atoms with van der Waals surface area (Å²) in [5.74, 6) is 1.12. The molecule has 1 heterocycles. The summed E-state index contributed by atoms with van der Waals surface area (Å²) in [5, 5.41) is 3.37. The topological polar surface area (TPSA) is 41.3 Å². The van der Waals surface area contributed by atoms with Crippen LogP contribution in [0.15, 0.2) is 23.1 Å². The molecule has 1 aromatic rings. The van der Waals surface area contributed by atoms with E-state index in [1.807, 2.05) is 11.8 Å². The number of nitrogens with one attached hydrogen (secondary N) is 1. The molecule has 1 aliphatic heterocycles. The van der Waals surface area contributed by atoms with Crippen molar-refractivity contribution in [1.82, 2.24) is 10.2 Å². The molecule has 0 aromatic heterocycles. The zero-order valence-electron chi connectivity index (χ0n) is 10.4. The molecule has 1 fully saturated rings. The number of para-hydroxylation sites is 1. The standard InChI is InChI=1S/C13H21N3S/c1-11-3-2-4-12(13(11)14)17-10-9-16-7-5-15-6-8-16/h2-4,15H,5-10,14H2,1H3. The number of nitrogens with two attached hydrogens (primary N) is 1. The molecule has 17 heavy (non-hydrogen) atoms. The summed E-state index contributed by atoms with van der Waals surface area (Å²) >= 11 is 1.87. The number of aryl methyl sites for hydroxylation is 1. The maximum Gasteiger partial charge on any atom is 0.0481 e. The lowest BCUT2D eigenvalue weighted by Gasteiger charge is -2.26. The molecule has 2 rings (SSSR count). The van der Waals surface area contributed by atoms with E-state index in [1.54, 1.807) is 0 Å². The number of thioether (sulfide) groups is 1. The summed E-state index contributed by atoms with van der Waals surface area (Å²) in [6, 6.07) is 6.26. The number of hydrogen-bond donors (Lipinski definition) is 2. The number of rotatable bonds is 4. The number of hydrogen-bond acceptors (Lipinski definition) is 4. The minimum absolute atomic E-state index is 0.942. The molecule has 0 saturated carbocycles. The highest BCUT2D eigenvalue weighted by molar-refractivity contribution is 7.99. The molecule has 0 aliphatic carbocycles. The fourth-order valence-electron chi connectivity index (χ4n) is 2.00. The molecule has 94 valence electrons. The minimum atomic E-state index is 0.942. The van der Waals surface area contributed by atoms with E-state index in [0.29, 0.717) is 0 Å². The molecule has 0 amide bonds. The van der Waals surface area contributed by atoms with Crippen LogP contribution in [-0.4, -0.2) is 43.4 Å². The van der Waals surface area contributed by atoms with E-state index in [1.165, 1.54) is 23.5 Å². The monoisotopic (exact) mass is 251 g/mol. The van der Waals surface area contributed by atoms with Crippen LogP contribution in [-0.2, 0) is 0 Å². The maximum atomic E-state index is 6.06. The second kappa shape index (κ2) is 6.28. The third kappa shape index (κ3) is 3.63. The van der Waals surface area contributed by atoms with Crippen molar-refractivity contribution < 1.29 is 0 Å². The molecule has 0 spiro atoms. The van der Waals surface area contributed by atoms with Crippen LogP contribution < -0.4 is 11.1 Å². The summed E-state index contributed by atoms with van der Waals surface area (Å²) in [6.07, 6.45) is 0. The molecule has 1 saturated heterocycles. The van der Waals surface area contributed by atoms with E-state index in [0.717, 1.165) is 31.1 Å². The number of piperazine rings is 1. The molecule has 3 nitrogen and oxygen atoms in total. The molecule has 1 aliphatic rings. The van der Waals surface area contributed by atoms with Gasteiger partial charge in [-0.3, -0.25) is 4.90 Å². The fourth-order valence-corrected chi connectivity index (χ4v) is 3.06. The molecule has 0 radical (unpaired) electrons. The van der Waals surface area contributed by atoms with Gasteiger partial charge in [0.25, 0.3) is 0 Å². The summed E-state index contributed by atoms with van der Waals surface area (Å²) in [4.78, 5) is 3.73. The summed E-state index contributed by atoms with van der Waals surface area (Å²) in [5.41, 5.74) is 8.18. The first-order valence-corrected chi connectivity index (χ1v) is 7.17. The second-order valence-corrected chi connectivity index (χ2v) is 5.56. The molecule has 3 N–H and O–H groups in total. The van der Waals surface area contributed by atoms with Crippen LogP contribution in [0.1, 0.15) is 5.56 Å². The Morgan fingerprint density at radius 3 is 2.88 bits per heavy atom. The van der Waals surface area contributed by atoms with Gasteiger partial charge in [-0.1, -0.05) is 12.1 Å². The lowest BCUT2D eigenvalue weighted by molar-refractivity contribution is 0.255. The second-order valence-electron chi connectivity index (χ2n) is 4.43. The van der Waals surface area contributed by atoms with Gasteiger partial charge in [-0.2, -0.15) is 0 Å². The van der Waals surface area contributed by atoms with Crippen LogP contribution in [0.25, 0.3) is 0 Å². The van der Waals surface area contributed by atoms with Crippen LogP contribution in [0.3, 0.4) is 0 Å². The Balaban J connectivity index is 1.79. The molecule has 0 bridgehead atoms. The van der Waals surface area contributed by atoms with E-state index in [9.17, 15) is 0 Å². The predicted octanol–water partition coefficient (Wildman–Crippen LogP) is 1.57. The van der Waals surface area contributed by atoms with Crippen LogP contribution in [0.5, 0.6) is 0 Å². The Labute approximate surface area is 108 Å². The van der Waals surface area contributed by atoms with E-state index in [-0.39, 0.29) is 0 Å². The average molecular weight is 251 g/mol. The first-order valence-electron chi connectivity index (χ1n) is 6.18. The van der Waals surface area contributed by atoms with Crippen LogP contribution in [0, 0.1) is 6.92 Å². The Kier molecular flexibility index (Phi) is 4.71. The van der Waals surface area contributed by atoms with Gasteiger partial charge in [0.2, 0.25) is 0 Å². The smallest absolute Gasteiger partial charge is 0.0481 e. The van der Waals surface area contributed by atoms with Crippen molar-refractivity contribution in [3.8, 4) is 0 Å². The fraction of sp³-hybridized carbons (Fsp3) is 0.538. The third-order valence-corrected chi connectivity index (χ3v) is 4.21. The normalized spacial score (nSPS) is 17.2. The van der Waals surface area contributed by atoms with Gasteiger partial charge in [-0.15, -0.1) is 11.8 Å². The van der Waals surface area contributed by atoms with Gasteiger partial charge in [0, 0.05) is 49.1 Å². The van der Waals surface area contributed by atoms with Gasteiger partial charge in [0.1, 0.15) is 0 Å². The van der Waals surface area contributed by atoms with Gasteiger partial charge in [-0.05, 0) is 18.6 Å². The van der Waals surface area contributed by atoms with Crippen molar-refractivity contribution in [2.24, 2.45) is 0 Å². The highest BCUT2D eigenvalue weighted by atomic mass is 32.2. The zero-order chi connectivity index (χ0) is 12.1. The SMILES string of the molecule is Cc1cccc(SCCN2CCNCC2)c1N. The van der Waals surface area contributed by atoms with Crippen molar-refractivity contribution in [1.29, 1.82) is 0 Å². The number of benzene rings is 1. The van der Waals surface area contributed by atoms with Gasteiger partial charge in [-0.25, -0.2) is 0 Å². The van der Waals surface area contributed by atoms with Crippen molar-refractivity contribution >= 4 is 17.4 Å². The molecule has 0 atom stereocenters. The Morgan fingerprint density at radius 1 is 1.35 bits per heavy atom. The van der Waals surface area contributed by atoms with Gasteiger partial charge in [0.15, 0.2) is 0 Å². The summed E-state index contributed by atoms with van der Waals surface area (Å²) in [7, 11) is 0. The number of anilines is 1. The quantitative estimate of drug-likeness (QED) is 0.630. The lowest BCUT2D eigenvalue weighted by Crippen LogP contribution is -2.44. The van der Waals surface area contributed by atoms with Gasteiger partial charge >= 0.3 is 0 Å². The number of nitrogens with zero attached hydrogens (tertiary/aromatic N) is 1. The van der Waals surface area contributed by atoms with Crippen molar-refractivity contribution in [2.45, 2.75) is 11.8 Å². The Bertz CT molecular complexity index is 362. The van der Waals surface area contributed by atoms with E-state index < -0.39 is 0 Å². The maximum absolute atomic E-state index is 6.06. The predicted molar refractivity (Wildman–Crippen MR) is 75.6 cm³/mol. The van der Waals surface area contributed by atoms with E-state index in [4.69, 9.17) is 5.73 Å². The Hall–Kier alpha value is -0.710. The van der Waals surface area contributed by atoms with Crippen molar-refractivity contribution in [3.05, 3.63) is 23.8 Å². The van der Waals surface area contributed by atoms with E-state index >= 15 is 0 Å². The third-order valence-electron chi connectivity index (χ3n) is 3.16. The highest BCUT2D eigenvalue weighted by Gasteiger charge is 2.09. The molecular weight excluding hydrogens is 230 g/mol. The molecule has 4 heteroatoms. The van der Waals surface area contributed by atoms with Crippen molar-refractivity contribution in [2.75, 3.05) is 44.2 Å². The van der Waals surface area contributed by atoms with Crippen LogP contribution >= 0.6 is 11.8 Å². The zero-order valence-corrected chi connectivity index (χ0v) is 11.2. The molecule has 0 unspecified atom stereocenters. The molecular formula is C13H21N3S. The summed E-state index contributed by atoms with van der Waals surface area (Å²) < 4.78 is 0. The van der Waals surface area contributed by atoms with Crippen LogP contribution in [0.2, 0.25) is 0 Å². The van der Waals surface area contributed by atoms with E-state index in [2.05, 4.69) is 35.3 Å². The van der Waals surface area contributed by atoms with Gasteiger partial charge < -0.3 is 11.1 Å². The number of nitrogen functional groups attached to an aromatic ring is 1. The first-order chi connectivity index (χ1) is 8.27. The largest absolute Gasteiger partial charge is 0.398 e. The first kappa shape index (κ1) is 12.7. The highest BCUT2D eigenvalue weighted by Crippen LogP contribution is 2.27. The lowest BCUT2D eigenvalue weighted by atomic mass is 10.2. The molecule has 1 aromatic carbocycles. The van der Waals surface area contributed by atoms with Crippen LogP contribution in [0.4, 0.5) is 5.69 Å². The van der Waals surface area contributed by atoms with Gasteiger partial charge in [0.05, 0.1) is 0 Å². The minimum Gasteiger partial charge on any atom is -0.398 e. The summed E-state index contributed by atoms with van der Waals surface area (Å²) in [6.45, 7) is 7.80. The Morgan fingerprint density at radius 2 is 2.12 bits per heavy atom.